The maximum atomic E-state index is 10.9. The number of hydrogen-bond donors (Lipinski definition) is 1. The molecular formula is C15H23NO2. The third-order valence-corrected chi connectivity index (χ3v) is 4.20. The van der Waals surface area contributed by atoms with E-state index in [0.717, 1.165) is 36.3 Å². The maximum absolute atomic E-state index is 10.9. The van der Waals surface area contributed by atoms with Gasteiger partial charge in [0.05, 0.1) is 12.7 Å². The SMILES string of the molecule is COc1ccc(C2(O)CCN(C)C(C)C2)c(C)c1. The van der Waals surface area contributed by atoms with Gasteiger partial charge in [-0.05, 0) is 57.0 Å². The highest BCUT2D eigenvalue weighted by molar-refractivity contribution is 5.38. The Kier molecular flexibility index (Phi) is 3.64. The molecule has 1 aliphatic rings. The molecular weight excluding hydrogens is 226 g/mol. The molecule has 100 valence electrons. The summed E-state index contributed by atoms with van der Waals surface area (Å²) >= 11 is 0. The van der Waals surface area contributed by atoms with Crippen molar-refractivity contribution in [3.05, 3.63) is 29.3 Å². The number of nitrogens with zero attached hydrogens (tertiary/aromatic N) is 1. The summed E-state index contributed by atoms with van der Waals surface area (Å²) in [5, 5.41) is 10.9. The van der Waals surface area contributed by atoms with Gasteiger partial charge in [-0.3, -0.25) is 0 Å². The molecule has 2 unspecified atom stereocenters. The summed E-state index contributed by atoms with van der Waals surface area (Å²) in [6.45, 7) is 5.14. The van der Waals surface area contributed by atoms with Crippen molar-refractivity contribution in [1.29, 1.82) is 0 Å². The molecule has 3 heteroatoms. The molecule has 2 rings (SSSR count). The number of hydrogen-bond acceptors (Lipinski definition) is 3. The van der Waals surface area contributed by atoms with Gasteiger partial charge < -0.3 is 14.7 Å². The number of piperidine rings is 1. The van der Waals surface area contributed by atoms with E-state index in [-0.39, 0.29) is 0 Å². The van der Waals surface area contributed by atoms with Crippen LogP contribution in [0.5, 0.6) is 5.75 Å². The number of aryl methyl sites for hydroxylation is 1. The van der Waals surface area contributed by atoms with Crippen LogP contribution in [0, 0.1) is 6.92 Å². The molecule has 1 N–H and O–H groups in total. The van der Waals surface area contributed by atoms with Crippen LogP contribution in [0.3, 0.4) is 0 Å². The molecule has 0 amide bonds. The second-order valence-corrected chi connectivity index (χ2v) is 5.50. The summed E-state index contributed by atoms with van der Waals surface area (Å²) in [5.74, 6) is 0.848. The van der Waals surface area contributed by atoms with Crippen molar-refractivity contribution < 1.29 is 9.84 Å². The van der Waals surface area contributed by atoms with Gasteiger partial charge in [0.2, 0.25) is 0 Å². The second-order valence-electron chi connectivity index (χ2n) is 5.50. The van der Waals surface area contributed by atoms with Crippen LogP contribution in [0.15, 0.2) is 18.2 Å². The summed E-state index contributed by atoms with van der Waals surface area (Å²) in [7, 11) is 3.78. The highest BCUT2D eigenvalue weighted by Gasteiger charge is 2.37. The minimum Gasteiger partial charge on any atom is -0.497 e. The molecule has 1 aliphatic heterocycles. The van der Waals surface area contributed by atoms with E-state index >= 15 is 0 Å². The third-order valence-electron chi connectivity index (χ3n) is 4.20. The van der Waals surface area contributed by atoms with Crippen molar-refractivity contribution in [2.45, 2.75) is 38.3 Å². The topological polar surface area (TPSA) is 32.7 Å². The van der Waals surface area contributed by atoms with Gasteiger partial charge in [0.15, 0.2) is 0 Å². The van der Waals surface area contributed by atoms with Crippen LogP contribution in [0.1, 0.15) is 30.9 Å². The molecule has 1 heterocycles. The number of rotatable bonds is 2. The molecule has 1 aromatic carbocycles. The maximum Gasteiger partial charge on any atom is 0.119 e. The fraction of sp³-hybridized carbons (Fsp3) is 0.600. The first-order valence-electron chi connectivity index (χ1n) is 6.54. The van der Waals surface area contributed by atoms with Crippen molar-refractivity contribution >= 4 is 0 Å². The lowest BCUT2D eigenvalue weighted by molar-refractivity contribution is -0.0412. The Bertz CT molecular complexity index is 433. The summed E-state index contributed by atoms with van der Waals surface area (Å²) in [5.41, 5.74) is 1.46. The first-order chi connectivity index (χ1) is 8.46. The zero-order chi connectivity index (χ0) is 13.3. The molecule has 18 heavy (non-hydrogen) atoms. The molecule has 0 spiro atoms. The average molecular weight is 249 g/mol. The Morgan fingerprint density at radius 1 is 1.44 bits per heavy atom. The number of aliphatic hydroxyl groups is 1. The average Bonchev–Trinajstić information content (AvgIpc) is 2.34. The molecule has 3 nitrogen and oxygen atoms in total. The fourth-order valence-corrected chi connectivity index (χ4v) is 2.86. The van der Waals surface area contributed by atoms with Gasteiger partial charge >= 0.3 is 0 Å². The van der Waals surface area contributed by atoms with Crippen LogP contribution in [-0.4, -0.2) is 36.8 Å². The predicted octanol–water partition coefficient (Wildman–Crippen LogP) is 2.31. The van der Waals surface area contributed by atoms with E-state index in [9.17, 15) is 5.11 Å². The first-order valence-corrected chi connectivity index (χ1v) is 6.54. The van der Waals surface area contributed by atoms with E-state index in [0.29, 0.717) is 6.04 Å². The fourth-order valence-electron chi connectivity index (χ4n) is 2.86. The first kappa shape index (κ1) is 13.4. The van der Waals surface area contributed by atoms with Crippen LogP contribution >= 0.6 is 0 Å². The van der Waals surface area contributed by atoms with Gasteiger partial charge in [0.25, 0.3) is 0 Å². The number of likely N-dealkylation sites (tertiary alicyclic amines) is 1. The van der Waals surface area contributed by atoms with Gasteiger partial charge in [-0.2, -0.15) is 0 Å². The molecule has 1 fully saturated rings. The van der Waals surface area contributed by atoms with E-state index < -0.39 is 5.60 Å². The molecule has 0 saturated carbocycles. The van der Waals surface area contributed by atoms with Crippen LogP contribution in [0.25, 0.3) is 0 Å². The molecule has 1 saturated heterocycles. The van der Waals surface area contributed by atoms with E-state index in [1.54, 1.807) is 7.11 Å². The Morgan fingerprint density at radius 3 is 2.72 bits per heavy atom. The summed E-state index contributed by atoms with van der Waals surface area (Å²) in [6, 6.07) is 6.34. The highest BCUT2D eigenvalue weighted by Crippen LogP contribution is 2.37. The number of methoxy groups -OCH3 is 1. The lowest BCUT2D eigenvalue weighted by Crippen LogP contribution is -2.46. The van der Waals surface area contributed by atoms with E-state index in [4.69, 9.17) is 4.74 Å². The molecule has 2 atom stereocenters. The Morgan fingerprint density at radius 2 is 2.17 bits per heavy atom. The molecule has 0 aromatic heterocycles. The van der Waals surface area contributed by atoms with Crippen molar-refractivity contribution in [2.75, 3.05) is 20.7 Å². The minimum absolute atomic E-state index is 0.408. The van der Waals surface area contributed by atoms with Gasteiger partial charge in [0, 0.05) is 12.6 Å². The quantitative estimate of drug-likeness (QED) is 0.873. The summed E-state index contributed by atoms with van der Waals surface area (Å²) in [6.07, 6.45) is 1.58. The zero-order valence-corrected chi connectivity index (χ0v) is 11.7. The van der Waals surface area contributed by atoms with Gasteiger partial charge in [-0.1, -0.05) is 6.07 Å². The van der Waals surface area contributed by atoms with Crippen molar-refractivity contribution in [2.24, 2.45) is 0 Å². The molecule has 0 bridgehead atoms. The molecule has 0 aliphatic carbocycles. The van der Waals surface area contributed by atoms with E-state index in [1.807, 2.05) is 25.1 Å². The van der Waals surface area contributed by atoms with Crippen LogP contribution in [0.2, 0.25) is 0 Å². The summed E-state index contributed by atoms with van der Waals surface area (Å²) < 4.78 is 5.22. The third kappa shape index (κ3) is 2.38. The number of benzene rings is 1. The van der Waals surface area contributed by atoms with Crippen LogP contribution in [0.4, 0.5) is 0 Å². The lowest BCUT2D eigenvalue weighted by atomic mass is 9.79. The largest absolute Gasteiger partial charge is 0.497 e. The predicted molar refractivity (Wildman–Crippen MR) is 73.0 cm³/mol. The minimum atomic E-state index is -0.692. The second kappa shape index (κ2) is 4.90. The smallest absolute Gasteiger partial charge is 0.119 e. The highest BCUT2D eigenvalue weighted by atomic mass is 16.5. The molecule has 0 radical (unpaired) electrons. The van der Waals surface area contributed by atoms with Gasteiger partial charge in [-0.25, -0.2) is 0 Å². The van der Waals surface area contributed by atoms with Crippen molar-refractivity contribution in [3.8, 4) is 5.75 Å². The van der Waals surface area contributed by atoms with Gasteiger partial charge in [0.1, 0.15) is 5.75 Å². The molecule has 1 aromatic rings. The Balaban J connectivity index is 2.30. The number of ether oxygens (including phenoxy) is 1. The van der Waals surface area contributed by atoms with Crippen molar-refractivity contribution in [1.82, 2.24) is 4.90 Å². The Labute approximate surface area is 109 Å². The normalized spacial score (nSPS) is 29.3. The zero-order valence-electron chi connectivity index (χ0n) is 11.7. The van der Waals surface area contributed by atoms with Crippen LogP contribution < -0.4 is 4.74 Å². The van der Waals surface area contributed by atoms with E-state index in [1.165, 1.54) is 0 Å². The van der Waals surface area contributed by atoms with E-state index in [2.05, 4.69) is 18.9 Å². The summed E-state index contributed by atoms with van der Waals surface area (Å²) in [4.78, 5) is 2.30. The Hall–Kier alpha value is -1.06. The van der Waals surface area contributed by atoms with Crippen LogP contribution in [-0.2, 0) is 5.60 Å². The van der Waals surface area contributed by atoms with Gasteiger partial charge in [-0.15, -0.1) is 0 Å². The van der Waals surface area contributed by atoms with Crippen molar-refractivity contribution in [3.63, 3.8) is 0 Å². The lowest BCUT2D eigenvalue weighted by Gasteiger charge is -2.42. The monoisotopic (exact) mass is 249 g/mol. The standard InChI is InChI=1S/C15H23NO2/c1-11-9-13(18-4)5-6-14(11)15(17)7-8-16(3)12(2)10-15/h5-6,9,12,17H,7-8,10H2,1-4H3.